The maximum absolute atomic E-state index is 13.8. The Labute approximate surface area is 401 Å². The SMILES string of the molecule is CCc1cc(Nc2ncc(Br)c(Nc3ccc4nccnc4c3NSC)n2)c(OC)cc1N1CCC(N2CCC(N3Cc4ccc5c(c4C3)n(CC)c(=O)n5C3CCC(=O)NC3=O)CC2)CC1. The molecule has 3 fully saturated rings. The predicted octanol–water partition coefficient (Wildman–Crippen LogP) is 7.49. The number of benzene rings is 3. The van der Waals surface area contributed by atoms with E-state index in [-0.39, 0.29) is 18.0 Å². The van der Waals surface area contributed by atoms with Gasteiger partial charge in [0.2, 0.25) is 17.8 Å². The lowest BCUT2D eigenvalue weighted by atomic mass is 9.96. The van der Waals surface area contributed by atoms with Crippen LogP contribution < -0.4 is 36.0 Å². The van der Waals surface area contributed by atoms with Crippen LogP contribution in [0, 0.1) is 0 Å². The molecule has 19 heteroatoms. The summed E-state index contributed by atoms with van der Waals surface area (Å²) in [4.78, 5) is 64.9. The molecule has 0 aliphatic carbocycles. The van der Waals surface area contributed by atoms with Crippen molar-refractivity contribution in [2.24, 2.45) is 0 Å². The van der Waals surface area contributed by atoms with Crippen LogP contribution >= 0.6 is 27.9 Å². The third-order valence-corrected chi connectivity index (χ3v) is 15.1. The number of rotatable bonds is 13. The fourth-order valence-corrected chi connectivity index (χ4v) is 11.4. The van der Waals surface area contributed by atoms with E-state index in [4.69, 9.17) is 9.72 Å². The van der Waals surface area contributed by atoms with E-state index >= 15 is 0 Å². The molecule has 0 saturated carbocycles. The second kappa shape index (κ2) is 19.1. The normalized spacial score (nSPS) is 18.7. The summed E-state index contributed by atoms with van der Waals surface area (Å²) in [5, 5.41) is 9.35. The number of imidazole rings is 1. The van der Waals surface area contributed by atoms with E-state index in [9.17, 15) is 14.4 Å². The summed E-state index contributed by atoms with van der Waals surface area (Å²) < 4.78 is 13.5. The van der Waals surface area contributed by atoms with Crippen LogP contribution in [0.1, 0.15) is 75.1 Å². The zero-order valence-electron chi connectivity index (χ0n) is 38.3. The van der Waals surface area contributed by atoms with E-state index in [1.54, 1.807) is 30.3 Å². The number of imide groups is 1. The maximum Gasteiger partial charge on any atom is 0.329 e. The second-order valence-corrected chi connectivity index (χ2v) is 19.2. The first kappa shape index (κ1) is 45.0. The Kier molecular flexibility index (Phi) is 12.8. The molecule has 17 nitrogen and oxygen atoms in total. The number of piperidine rings is 3. The molecule has 10 rings (SSSR count). The minimum atomic E-state index is -0.680. The highest BCUT2D eigenvalue weighted by Gasteiger charge is 2.36. The highest BCUT2D eigenvalue weighted by atomic mass is 79.9. The van der Waals surface area contributed by atoms with Gasteiger partial charge in [0, 0.05) is 87.8 Å². The van der Waals surface area contributed by atoms with Crippen molar-refractivity contribution in [2.45, 2.75) is 96.6 Å². The van der Waals surface area contributed by atoms with Crippen LogP contribution in [-0.4, -0.2) is 102 Å². The molecule has 4 N–H and O–H groups in total. The third kappa shape index (κ3) is 8.59. The Bertz CT molecular complexity index is 2930. The molecule has 3 aromatic heterocycles. The summed E-state index contributed by atoms with van der Waals surface area (Å²) in [6, 6.07) is 12.7. The van der Waals surface area contributed by atoms with Crippen LogP contribution in [0.4, 0.5) is 34.5 Å². The molecule has 1 unspecified atom stereocenters. The zero-order chi connectivity index (χ0) is 46.3. The number of hydrogen-bond acceptors (Lipinski definition) is 15. The number of likely N-dealkylation sites (tertiary alicyclic amines) is 1. The number of aromatic nitrogens is 6. The molecule has 7 heterocycles. The van der Waals surface area contributed by atoms with Gasteiger partial charge in [-0.1, -0.05) is 24.9 Å². The highest BCUT2D eigenvalue weighted by Crippen LogP contribution is 2.40. The number of carbonyl (C=O) groups excluding carboxylic acids is 2. The van der Waals surface area contributed by atoms with Crippen LogP contribution in [0.15, 0.2) is 64.3 Å². The number of fused-ring (bicyclic) bond motifs is 4. The van der Waals surface area contributed by atoms with Gasteiger partial charge < -0.3 is 29.9 Å². The van der Waals surface area contributed by atoms with E-state index in [0.29, 0.717) is 41.3 Å². The fourth-order valence-electron chi connectivity index (χ4n) is 10.7. The van der Waals surface area contributed by atoms with Crippen molar-refractivity contribution in [3.63, 3.8) is 0 Å². The lowest BCUT2D eigenvalue weighted by molar-refractivity contribution is -0.135. The van der Waals surface area contributed by atoms with Gasteiger partial charge in [0.15, 0.2) is 0 Å². The number of ether oxygens (including phenoxy) is 1. The third-order valence-electron chi connectivity index (χ3n) is 14.1. The van der Waals surface area contributed by atoms with Gasteiger partial charge in [-0.2, -0.15) is 4.98 Å². The number of hydrogen-bond donors (Lipinski definition) is 4. The molecule has 6 aromatic rings. The molecule has 2 amide bonds. The first-order chi connectivity index (χ1) is 32.7. The van der Waals surface area contributed by atoms with Crippen molar-refractivity contribution in [1.29, 1.82) is 0 Å². The van der Waals surface area contributed by atoms with E-state index in [2.05, 4.69) is 91.4 Å². The number of nitrogens with one attached hydrogen (secondary N) is 4. The summed E-state index contributed by atoms with van der Waals surface area (Å²) in [5.74, 6) is 1.07. The van der Waals surface area contributed by atoms with E-state index in [0.717, 1.165) is 116 Å². The van der Waals surface area contributed by atoms with Crippen molar-refractivity contribution < 1.29 is 14.3 Å². The minimum absolute atomic E-state index is 0.180. The van der Waals surface area contributed by atoms with Crippen molar-refractivity contribution in [3.8, 4) is 5.75 Å². The van der Waals surface area contributed by atoms with E-state index in [1.165, 1.54) is 34.3 Å². The Balaban J connectivity index is 0.773. The number of methoxy groups -OCH3 is 1. The summed E-state index contributed by atoms with van der Waals surface area (Å²) >= 11 is 5.12. The van der Waals surface area contributed by atoms with Crippen LogP contribution in [0.2, 0.25) is 0 Å². The molecular formula is C48H56BrN13O4S. The number of anilines is 6. The Hall–Kier alpha value is -5.76. The lowest BCUT2D eigenvalue weighted by Gasteiger charge is -2.44. The smallest absolute Gasteiger partial charge is 0.329 e. The van der Waals surface area contributed by atoms with Gasteiger partial charge in [-0.15, -0.1) is 0 Å². The number of amides is 2. The van der Waals surface area contributed by atoms with Gasteiger partial charge in [-0.25, -0.2) is 9.78 Å². The Morgan fingerprint density at radius 2 is 1.66 bits per heavy atom. The van der Waals surface area contributed by atoms with Crippen molar-refractivity contribution >= 4 is 96.3 Å². The molecule has 0 bridgehead atoms. The molecule has 350 valence electrons. The van der Waals surface area contributed by atoms with E-state index in [1.807, 2.05) is 35.9 Å². The van der Waals surface area contributed by atoms with Gasteiger partial charge in [-0.3, -0.25) is 38.9 Å². The Morgan fingerprint density at radius 3 is 2.40 bits per heavy atom. The minimum Gasteiger partial charge on any atom is -0.494 e. The van der Waals surface area contributed by atoms with Crippen LogP contribution in [0.3, 0.4) is 0 Å². The van der Waals surface area contributed by atoms with Crippen LogP contribution in [0.5, 0.6) is 5.75 Å². The number of halogens is 1. The first-order valence-electron chi connectivity index (χ1n) is 23.3. The summed E-state index contributed by atoms with van der Waals surface area (Å²) in [6.45, 7) is 10.4. The van der Waals surface area contributed by atoms with Crippen LogP contribution in [0.25, 0.3) is 22.1 Å². The molecule has 4 aliphatic heterocycles. The molecule has 1 atom stereocenters. The fraction of sp³-hybridized carbons (Fsp3) is 0.438. The number of carbonyl (C=O) groups is 2. The highest BCUT2D eigenvalue weighted by molar-refractivity contribution is 9.10. The van der Waals surface area contributed by atoms with Gasteiger partial charge in [0.1, 0.15) is 23.1 Å². The topological polar surface area (TPSA) is 180 Å². The van der Waals surface area contributed by atoms with Gasteiger partial charge in [0.25, 0.3) is 0 Å². The maximum atomic E-state index is 13.8. The quantitative estimate of drug-likeness (QED) is 0.0660. The molecule has 3 aromatic carbocycles. The first-order valence-corrected chi connectivity index (χ1v) is 25.3. The van der Waals surface area contributed by atoms with Gasteiger partial charge >= 0.3 is 5.69 Å². The summed E-state index contributed by atoms with van der Waals surface area (Å²) in [7, 11) is 1.70. The van der Waals surface area contributed by atoms with E-state index < -0.39 is 11.9 Å². The number of nitrogens with zero attached hydrogens (tertiary/aromatic N) is 9. The molecular weight excluding hydrogens is 935 g/mol. The van der Waals surface area contributed by atoms with Crippen LogP contribution in [-0.2, 0) is 35.6 Å². The molecule has 3 saturated heterocycles. The molecule has 0 radical (unpaired) electrons. The average molecular weight is 991 g/mol. The zero-order valence-corrected chi connectivity index (χ0v) is 40.7. The average Bonchev–Trinajstić information content (AvgIpc) is 3.91. The monoisotopic (exact) mass is 989 g/mol. The van der Waals surface area contributed by atoms with Gasteiger partial charge in [-0.05, 0) is 115 Å². The predicted molar refractivity (Wildman–Crippen MR) is 268 cm³/mol. The van der Waals surface area contributed by atoms with Crippen molar-refractivity contribution in [2.75, 3.05) is 59.8 Å². The summed E-state index contributed by atoms with van der Waals surface area (Å²) in [5.41, 5.74) is 10.4. The standard InChI is InChI=1S/C48H56BrN13O4S/c1-5-28-23-36(54-47-52-25-33(49)45(56-47)53-35-9-8-34-42(43(35)57-67-4)51-18-17-50-34)40(66-3)24-39(28)59-21-15-30(16-22-59)58-19-13-31(14-20-58)60-26-29-7-10-37-44(32(29)27-60)61(6-2)48(65)62(37)38-11-12-41(63)55-46(38)64/h7-10,17-18,23-25,30-31,38,57H,5-6,11-16,19-22,26-27H2,1-4H3,(H,55,63,64)(H2,52,53,54,56). The number of aryl methyl sites for hydroxylation is 2. The molecule has 67 heavy (non-hydrogen) atoms. The van der Waals surface area contributed by atoms with Gasteiger partial charge in [0.05, 0.1) is 45.2 Å². The molecule has 4 aliphatic rings. The lowest BCUT2D eigenvalue weighted by Crippen LogP contribution is -2.50. The van der Waals surface area contributed by atoms with Crippen molar-refractivity contribution in [1.82, 2.24) is 44.2 Å². The van der Waals surface area contributed by atoms with Crippen molar-refractivity contribution in [3.05, 3.63) is 86.6 Å². The summed E-state index contributed by atoms with van der Waals surface area (Å²) in [6.07, 6.45) is 12.9. The second-order valence-electron chi connectivity index (χ2n) is 17.7. The molecule has 0 spiro atoms. The largest absolute Gasteiger partial charge is 0.494 e. The Morgan fingerprint density at radius 1 is 0.881 bits per heavy atom.